The van der Waals surface area contributed by atoms with Crippen molar-refractivity contribution >= 4 is 21.6 Å². The van der Waals surface area contributed by atoms with Gasteiger partial charge in [0.05, 0.1) is 12.0 Å². The first kappa shape index (κ1) is 23.2. The van der Waals surface area contributed by atoms with E-state index in [1.54, 1.807) is 20.0 Å². The van der Waals surface area contributed by atoms with Crippen molar-refractivity contribution in [3.8, 4) is 5.75 Å². The molecule has 0 aliphatic rings. The van der Waals surface area contributed by atoms with Crippen molar-refractivity contribution in [3.05, 3.63) is 89.0 Å². The highest BCUT2D eigenvalue weighted by Gasteiger charge is 2.21. The lowest BCUT2D eigenvalue weighted by molar-refractivity contribution is 0.0784. The van der Waals surface area contributed by atoms with Gasteiger partial charge in [-0.2, -0.15) is 0 Å². The molecule has 0 aliphatic heterocycles. The molecule has 0 saturated heterocycles. The third-order valence-electron chi connectivity index (χ3n) is 4.83. The maximum absolute atomic E-state index is 14.0. The Hall–Kier alpha value is -3.46. The summed E-state index contributed by atoms with van der Waals surface area (Å²) in [7, 11) is -1.10. The summed E-state index contributed by atoms with van der Waals surface area (Å²) in [5.41, 5.74) is 1.53. The molecule has 32 heavy (non-hydrogen) atoms. The molecule has 0 unspecified atom stereocenters. The van der Waals surface area contributed by atoms with E-state index in [-0.39, 0.29) is 28.4 Å². The van der Waals surface area contributed by atoms with Crippen LogP contribution in [0.1, 0.15) is 21.5 Å². The first-order valence-electron chi connectivity index (χ1n) is 9.57. The van der Waals surface area contributed by atoms with Gasteiger partial charge in [0.1, 0.15) is 5.82 Å². The molecule has 0 aliphatic carbocycles. The summed E-state index contributed by atoms with van der Waals surface area (Å²) in [6.07, 6.45) is 0. The summed E-state index contributed by atoms with van der Waals surface area (Å²) in [5.74, 6) is -1.35. The molecule has 0 atom stereocenters. The number of halogens is 2. The van der Waals surface area contributed by atoms with Crippen molar-refractivity contribution in [2.45, 2.75) is 18.4 Å². The van der Waals surface area contributed by atoms with Gasteiger partial charge in [-0.05, 0) is 66.6 Å². The number of nitrogens with one attached hydrogen (secondary N) is 1. The fourth-order valence-corrected chi connectivity index (χ4v) is 4.17. The number of nitrogens with zero attached hydrogens (tertiary/aromatic N) is 1. The molecule has 0 bridgehead atoms. The first-order chi connectivity index (χ1) is 15.1. The van der Waals surface area contributed by atoms with E-state index in [0.29, 0.717) is 11.1 Å². The Morgan fingerprint density at radius 2 is 1.72 bits per heavy atom. The lowest BCUT2D eigenvalue weighted by Gasteiger charge is -2.19. The van der Waals surface area contributed by atoms with Crippen LogP contribution in [0.4, 0.5) is 14.5 Å². The smallest absolute Gasteiger partial charge is 0.261 e. The van der Waals surface area contributed by atoms with Crippen molar-refractivity contribution in [3.63, 3.8) is 0 Å². The Kier molecular flexibility index (Phi) is 6.78. The van der Waals surface area contributed by atoms with Crippen LogP contribution in [0.2, 0.25) is 0 Å². The maximum Gasteiger partial charge on any atom is 0.261 e. The fraction of sp³-hybridized carbons (Fsp3) is 0.174. The molecule has 0 spiro atoms. The maximum atomic E-state index is 14.0. The van der Waals surface area contributed by atoms with Gasteiger partial charge in [-0.1, -0.05) is 12.1 Å². The Balaban J connectivity index is 1.83. The van der Waals surface area contributed by atoms with Gasteiger partial charge in [0.2, 0.25) is 0 Å². The highest BCUT2D eigenvalue weighted by molar-refractivity contribution is 7.92. The van der Waals surface area contributed by atoms with Gasteiger partial charge < -0.3 is 9.64 Å². The summed E-state index contributed by atoms with van der Waals surface area (Å²) in [4.78, 5) is 14.3. The average molecular weight is 461 g/mol. The second-order valence-electron chi connectivity index (χ2n) is 7.22. The number of ether oxygens (including phenoxy) is 1. The van der Waals surface area contributed by atoms with Crippen molar-refractivity contribution in [2.24, 2.45) is 0 Å². The Labute approximate surface area is 185 Å². The molecule has 1 N–H and O–H groups in total. The molecular weight excluding hydrogens is 438 g/mol. The van der Waals surface area contributed by atoms with Crippen molar-refractivity contribution in [1.82, 2.24) is 4.90 Å². The fourth-order valence-electron chi connectivity index (χ4n) is 3.09. The molecule has 3 aromatic rings. The minimum atomic E-state index is -4.00. The normalized spacial score (nSPS) is 11.2. The van der Waals surface area contributed by atoms with Gasteiger partial charge in [0.25, 0.3) is 15.9 Å². The highest BCUT2D eigenvalue weighted by atomic mass is 32.2. The van der Waals surface area contributed by atoms with Crippen molar-refractivity contribution < 1.29 is 26.7 Å². The second kappa shape index (κ2) is 9.35. The Bertz CT molecular complexity index is 1250. The number of carbonyl (C=O) groups excluding carboxylic acids is 1. The third kappa shape index (κ3) is 5.23. The van der Waals surface area contributed by atoms with Crippen LogP contribution in [-0.2, 0) is 16.6 Å². The number of rotatable bonds is 7. The zero-order chi connectivity index (χ0) is 23.5. The molecule has 0 radical (unpaired) electrons. The molecule has 6 nitrogen and oxygen atoms in total. The highest BCUT2D eigenvalue weighted by Crippen LogP contribution is 2.22. The number of aryl methyl sites for hydroxylation is 1. The van der Waals surface area contributed by atoms with Crippen LogP contribution in [0, 0.1) is 18.6 Å². The van der Waals surface area contributed by atoms with Crippen LogP contribution < -0.4 is 9.46 Å². The number of carbonyl (C=O) groups is 1. The van der Waals surface area contributed by atoms with Crippen molar-refractivity contribution in [1.29, 1.82) is 0 Å². The summed E-state index contributed by atoms with van der Waals surface area (Å²) < 4.78 is 59.8. The number of methoxy groups -OCH3 is 1. The number of amides is 1. The lowest BCUT2D eigenvalue weighted by atomic mass is 10.1. The van der Waals surface area contributed by atoms with E-state index >= 15 is 0 Å². The SMILES string of the molecule is COc1ccc(CN(C)C(=O)c2cc(S(=O)(=O)Nc3ccc(F)cc3)ccc2C)cc1F. The van der Waals surface area contributed by atoms with Crippen LogP contribution >= 0.6 is 0 Å². The van der Waals surface area contributed by atoms with Crippen LogP contribution in [0.5, 0.6) is 5.75 Å². The van der Waals surface area contributed by atoms with Gasteiger partial charge in [-0.15, -0.1) is 0 Å². The number of hydrogen-bond donors (Lipinski definition) is 1. The zero-order valence-electron chi connectivity index (χ0n) is 17.7. The molecule has 0 saturated carbocycles. The minimum absolute atomic E-state index is 0.102. The van der Waals surface area contributed by atoms with Crippen molar-refractivity contribution in [2.75, 3.05) is 18.9 Å². The van der Waals surface area contributed by atoms with Crippen LogP contribution in [-0.4, -0.2) is 33.4 Å². The van der Waals surface area contributed by atoms with E-state index < -0.39 is 27.6 Å². The molecule has 1 amide bonds. The first-order valence-corrected chi connectivity index (χ1v) is 11.1. The van der Waals surface area contributed by atoms with Crippen LogP contribution in [0.25, 0.3) is 0 Å². The number of benzene rings is 3. The molecule has 9 heteroatoms. The Morgan fingerprint density at radius 1 is 1.03 bits per heavy atom. The molecule has 168 valence electrons. The van der Waals surface area contributed by atoms with Crippen LogP contribution in [0.15, 0.2) is 65.6 Å². The monoisotopic (exact) mass is 460 g/mol. The van der Waals surface area contributed by atoms with E-state index in [4.69, 9.17) is 4.74 Å². The summed E-state index contributed by atoms with van der Waals surface area (Å²) in [5, 5.41) is 0. The topological polar surface area (TPSA) is 75.7 Å². The van der Waals surface area contributed by atoms with Gasteiger partial charge in [-0.3, -0.25) is 9.52 Å². The third-order valence-corrected chi connectivity index (χ3v) is 6.21. The van der Waals surface area contributed by atoms with Gasteiger partial charge >= 0.3 is 0 Å². The summed E-state index contributed by atoms with van der Waals surface area (Å²) in [6.45, 7) is 1.81. The van der Waals surface area contributed by atoms with Gasteiger partial charge in [0, 0.05) is 24.8 Å². The van der Waals surface area contributed by atoms with E-state index in [2.05, 4.69) is 4.72 Å². The molecular formula is C23H22F2N2O4S. The predicted octanol–water partition coefficient (Wildman–Crippen LogP) is 4.35. The second-order valence-corrected chi connectivity index (χ2v) is 8.90. The zero-order valence-corrected chi connectivity index (χ0v) is 18.5. The number of sulfonamides is 1. The summed E-state index contributed by atoms with van der Waals surface area (Å²) in [6, 6.07) is 13.5. The molecule has 3 aromatic carbocycles. The molecule has 0 fully saturated rings. The van der Waals surface area contributed by atoms with E-state index in [0.717, 1.165) is 12.1 Å². The quantitative estimate of drug-likeness (QED) is 0.569. The van der Waals surface area contributed by atoms with E-state index in [1.807, 2.05) is 0 Å². The average Bonchev–Trinajstić information content (AvgIpc) is 2.75. The Morgan fingerprint density at radius 3 is 2.34 bits per heavy atom. The molecule has 3 rings (SSSR count). The standard InChI is InChI=1S/C23H22F2N2O4S/c1-15-4-10-19(32(29,30)26-18-8-6-17(24)7-9-18)13-20(15)23(28)27(2)14-16-5-11-22(31-3)21(25)12-16/h4-13,26H,14H2,1-3H3. The van der Waals surface area contributed by atoms with E-state index in [1.165, 1.54) is 54.5 Å². The van der Waals surface area contributed by atoms with Gasteiger partial charge in [0.15, 0.2) is 11.6 Å². The summed E-state index contributed by atoms with van der Waals surface area (Å²) >= 11 is 0. The van der Waals surface area contributed by atoms with Crippen LogP contribution in [0.3, 0.4) is 0 Å². The van der Waals surface area contributed by atoms with E-state index in [9.17, 15) is 22.0 Å². The number of anilines is 1. The molecule has 0 aromatic heterocycles. The van der Waals surface area contributed by atoms with Gasteiger partial charge in [-0.25, -0.2) is 17.2 Å². The number of hydrogen-bond acceptors (Lipinski definition) is 4. The molecule has 0 heterocycles. The lowest BCUT2D eigenvalue weighted by Crippen LogP contribution is -2.27. The largest absolute Gasteiger partial charge is 0.494 e. The predicted molar refractivity (Wildman–Crippen MR) is 117 cm³/mol. The minimum Gasteiger partial charge on any atom is -0.494 e.